The van der Waals surface area contributed by atoms with Crippen molar-refractivity contribution in [2.24, 2.45) is 11.3 Å². The number of benzene rings is 2. The highest BCUT2D eigenvalue weighted by atomic mass is 16.2. The molecule has 0 bridgehead atoms. The number of aromatic nitrogens is 2. The highest BCUT2D eigenvalue weighted by Gasteiger charge is 2.58. The maximum atomic E-state index is 12.8. The number of piperidine rings is 1. The second-order valence-corrected chi connectivity index (χ2v) is 10.8. The summed E-state index contributed by atoms with van der Waals surface area (Å²) < 4.78 is 2.41. The molecule has 1 aliphatic carbocycles. The molecule has 6 rings (SSSR count). The number of nitrogens with zero attached hydrogens (tertiary/aromatic N) is 3. The lowest BCUT2D eigenvalue weighted by Gasteiger charge is -2.32. The van der Waals surface area contributed by atoms with Crippen molar-refractivity contribution in [1.82, 2.24) is 19.8 Å². The molecule has 3 heterocycles. The Morgan fingerprint density at radius 2 is 1.78 bits per heavy atom. The van der Waals surface area contributed by atoms with Crippen LogP contribution in [0.1, 0.15) is 43.7 Å². The van der Waals surface area contributed by atoms with E-state index in [9.17, 15) is 4.79 Å². The fourth-order valence-corrected chi connectivity index (χ4v) is 6.40. The van der Waals surface area contributed by atoms with E-state index in [0.717, 1.165) is 64.8 Å². The minimum atomic E-state index is 0.220. The molecule has 1 saturated heterocycles. The summed E-state index contributed by atoms with van der Waals surface area (Å²) in [5.74, 6) is 0.494. The number of amides is 1. The van der Waals surface area contributed by atoms with Crippen molar-refractivity contribution < 1.29 is 4.79 Å². The van der Waals surface area contributed by atoms with Crippen molar-refractivity contribution >= 4 is 27.7 Å². The Morgan fingerprint density at radius 3 is 2.58 bits per heavy atom. The van der Waals surface area contributed by atoms with Gasteiger partial charge in [-0.05, 0) is 99.0 Å². The van der Waals surface area contributed by atoms with E-state index in [2.05, 4.69) is 69.2 Å². The van der Waals surface area contributed by atoms with Gasteiger partial charge in [-0.1, -0.05) is 24.3 Å². The van der Waals surface area contributed by atoms with E-state index in [1.54, 1.807) is 0 Å². The molecule has 1 aliphatic heterocycles. The van der Waals surface area contributed by atoms with Gasteiger partial charge in [-0.2, -0.15) is 0 Å². The highest BCUT2D eigenvalue weighted by Crippen LogP contribution is 2.59. The molecule has 0 radical (unpaired) electrons. The molecule has 186 valence electrons. The molecule has 2 aromatic carbocycles. The van der Waals surface area contributed by atoms with Gasteiger partial charge in [-0.3, -0.25) is 14.7 Å². The molecule has 5 nitrogen and oxygen atoms in total. The van der Waals surface area contributed by atoms with Crippen molar-refractivity contribution in [2.45, 2.75) is 52.1 Å². The van der Waals surface area contributed by atoms with E-state index in [4.69, 9.17) is 0 Å². The third kappa shape index (κ3) is 4.41. The number of pyridine rings is 1. The number of hydrogen-bond acceptors (Lipinski definition) is 3. The van der Waals surface area contributed by atoms with Gasteiger partial charge in [0.1, 0.15) is 0 Å². The van der Waals surface area contributed by atoms with E-state index < -0.39 is 0 Å². The van der Waals surface area contributed by atoms with Crippen molar-refractivity contribution in [1.29, 1.82) is 0 Å². The normalized spacial score (nSPS) is 19.2. The zero-order chi connectivity index (χ0) is 24.5. The Hall–Kier alpha value is -3.18. The van der Waals surface area contributed by atoms with Crippen LogP contribution in [0.4, 0.5) is 0 Å². The number of carbonyl (C=O) groups is 1. The van der Waals surface area contributed by atoms with E-state index in [-0.39, 0.29) is 17.2 Å². The van der Waals surface area contributed by atoms with Gasteiger partial charge in [-0.25, -0.2) is 0 Å². The number of para-hydroxylation sites is 1. The van der Waals surface area contributed by atoms with Gasteiger partial charge in [0.25, 0.3) is 0 Å². The molecule has 1 atom stereocenters. The minimum absolute atomic E-state index is 0.220. The SMILES string of the molecule is CCn1c2ccccc2c2cc(CN3CCC4(CC3)CC4C(=O)NCCCc3ccncc3)ccc21. The van der Waals surface area contributed by atoms with Crippen LogP contribution in [0.5, 0.6) is 0 Å². The molecule has 2 aliphatic rings. The second kappa shape index (κ2) is 9.70. The Balaban J connectivity index is 1.02. The van der Waals surface area contributed by atoms with E-state index in [1.165, 1.54) is 32.9 Å². The number of aryl methyl sites for hydroxylation is 2. The third-order valence-electron chi connectivity index (χ3n) is 8.61. The van der Waals surface area contributed by atoms with Crippen molar-refractivity contribution in [2.75, 3.05) is 19.6 Å². The molecule has 1 saturated carbocycles. The molecule has 1 spiro atoms. The first-order valence-corrected chi connectivity index (χ1v) is 13.6. The van der Waals surface area contributed by atoms with Crippen LogP contribution in [0.15, 0.2) is 67.0 Å². The smallest absolute Gasteiger partial charge is 0.223 e. The lowest BCUT2D eigenvalue weighted by molar-refractivity contribution is -0.123. The summed E-state index contributed by atoms with van der Waals surface area (Å²) in [6.45, 7) is 7.12. The number of likely N-dealkylation sites (tertiary alicyclic amines) is 1. The molecule has 36 heavy (non-hydrogen) atoms. The van der Waals surface area contributed by atoms with Gasteiger partial charge in [-0.15, -0.1) is 0 Å². The molecule has 4 aromatic rings. The highest BCUT2D eigenvalue weighted by molar-refractivity contribution is 6.08. The Kier molecular flexibility index (Phi) is 6.26. The summed E-state index contributed by atoms with van der Waals surface area (Å²) in [6, 6.07) is 19.8. The first-order chi connectivity index (χ1) is 17.7. The van der Waals surface area contributed by atoms with Crippen molar-refractivity contribution in [3.05, 3.63) is 78.1 Å². The van der Waals surface area contributed by atoms with Gasteiger partial charge in [0.2, 0.25) is 5.91 Å². The Bertz CT molecular complexity index is 1370. The molecule has 1 amide bonds. The van der Waals surface area contributed by atoms with Gasteiger partial charge >= 0.3 is 0 Å². The van der Waals surface area contributed by atoms with Crippen LogP contribution >= 0.6 is 0 Å². The van der Waals surface area contributed by atoms with Crippen LogP contribution in [-0.4, -0.2) is 40.0 Å². The third-order valence-corrected chi connectivity index (χ3v) is 8.61. The number of hydrogen-bond donors (Lipinski definition) is 1. The standard InChI is InChI=1S/C31H36N4O/c1-2-35-28-8-4-3-7-25(28)26-20-24(9-10-29(26)35)22-34-18-13-31(14-19-34)21-27(31)30(36)33-15-5-6-23-11-16-32-17-12-23/h3-4,7-12,16-17,20,27H,2,5-6,13-15,18-19,21-22H2,1H3,(H,33,36). The molecule has 2 aromatic heterocycles. The van der Waals surface area contributed by atoms with Gasteiger partial charge in [0.15, 0.2) is 0 Å². The number of fused-ring (bicyclic) bond motifs is 3. The van der Waals surface area contributed by atoms with E-state index in [0.29, 0.717) is 0 Å². The number of carbonyl (C=O) groups excluding carboxylic acids is 1. The largest absolute Gasteiger partial charge is 0.356 e. The fraction of sp³-hybridized carbons (Fsp3) is 0.419. The molecular weight excluding hydrogens is 444 g/mol. The maximum Gasteiger partial charge on any atom is 0.223 e. The Morgan fingerprint density at radius 1 is 1.00 bits per heavy atom. The molecule has 5 heteroatoms. The fourth-order valence-electron chi connectivity index (χ4n) is 6.40. The average Bonchev–Trinajstić information content (AvgIpc) is 3.53. The maximum absolute atomic E-state index is 12.8. The minimum Gasteiger partial charge on any atom is -0.356 e. The second-order valence-electron chi connectivity index (χ2n) is 10.8. The van der Waals surface area contributed by atoms with Gasteiger partial charge in [0, 0.05) is 59.8 Å². The molecule has 1 unspecified atom stereocenters. The van der Waals surface area contributed by atoms with Crippen LogP contribution in [0.25, 0.3) is 21.8 Å². The summed E-state index contributed by atoms with van der Waals surface area (Å²) in [4.78, 5) is 19.4. The lowest BCUT2D eigenvalue weighted by Crippen LogP contribution is -2.37. The van der Waals surface area contributed by atoms with Gasteiger partial charge < -0.3 is 9.88 Å². The molecule has 1 N–H and O–H groups in total. The predicted octanol–water partition coefficient (Wildman–Crippen LogP) is 5.56. The zero-order valence-electron chi connectivity index (χ0n) is 21.2. The van der Waals surface area contributed by atoms with E-state index >= 15 is 0 Å². The summed E-state index contributed by atoms with van der Waals surface area (Å²) in [6.07, 6.45) is 8.97. The summed E-state index contributed by atoms with van der Waals surface area (Å²) >= 11 is 0. The molecular formula is C31H36N4O. The topological polar surface area (TPSA) is 50.2 Å². The predicted molar refractivity (Wildman–Crippen MR) is 146 cm³/mol. The van der Waals surface area contributed by atoms with Crippen LogP contribution in [0, 0.1) is 11.3 Å². The lowest BCUT2D eigenvalue weighted by atomic mass is 9.90. The molecule has 2 fully saturated rings. The average molecular weight is 481 g/mol. The van der Waals surface area contributed by atoms with Crippen LogP contribution < -0.4 is 5.32 Å². The number of rotatable bonds is 8. The summed E-state index contributed by atoms with van der Waals surface area (Å²) in [5.41, 5.74) is 5.57. The monoisotopic (exact) mass is 480 g/mol. The van der Waals surface area contributed by atoms with Gasteiger partial charge in [0.05, 0.1) is 0 Å². The summed E-state index contributed by atoms with van der Waals surface area (Å²) in [7, 11) is 0. The first-order valence-electron chi connectivity index (χ1n) is 13.6. The van der Waals surface area contributed by atoms with Crippen molar-refractivity contribution in [3.63, 3.8) is 0 Å². The van der Waals surface area contributed by atoms with Crippen LogP contribution in [-0.2, 0) is 24.3 Å². The van der Waals surface area contributed by atoms with Crippen molar-refractivity contribution in [3.8, 4) is 0 Å². The van der Waals surface area contributed by atoms with Crippen LogP contribution in [0.2, 0.25) is 0 Å². The summed E-state index contributed by atoms with van der Waals surface area (Å²) in [5, 5.41) is 5.92. The quantitative estimate of drug-likeness (QED) is 0.336. The zero-order valence-corrected chi connectivity index (χ0v) is 21.2. The van der Waals surface area contributed by atoms with E-state index in [1.807, 2.05) is 24.5 Å². The van der Waals surface area contributed by atoms with Crippen LogP contribution in [0.3, 0.4) is 0 Å². The first kappa shape index (κ1) is 23.2. The number of nitrogens with one attached hydrogen (secondary N) is 1. The Labute approximate surface area is 213 Å².